The Hall–Kier alpha value is -2.76. The van der Waals surface area contributed by atoms with Crippen LogP contribution in [-0.4, -0.2) is 28.7 Å². The molecule has 1 aromatic carbocycles. The van der Waals surface area contributed by atoms with Gasteiger partial charge < -0.3 is 10.1 Å². The number of benzene rings is 1. The van der Waals surface area contributed by atoms with E-state index >= 15 is 0 Å². The maximum atomic E-state index is 13.2. The van der Waals surface area contributed by atoms with Crippen molar-refractivity contribution in [3.8, 4) is 0 Å². The molecule has 2 heterocycles. The molecule has 2 fully saturated rings. The highest BCUT2D eigenvalue weighted by Gasteiger charge is 2.75. The van der Waals surface area contributed by atoms with E-state index < -0.39 is 16.4 Å². The van der Waals surface area contributed by atoms with E-state index in [-0.39, 0.29) is 11.9 Å². The highest BCUT2D eigenvalue weighted by Crippen LogP contribution is 2.65. The Kier molecular flexibility index (Phi) is 3.29. The molecule has 0 unspecified atom stereocenters. The lowest BCUT2D eigenvalue weighted by Gasteiger charge is -2.35. The van der Waals surface area contributed by atoms with Crippen molar-refractivity contribution in [2.45, 2.75) is 39.2 Å². The summed E-state index contributed by atoms with van der Waals surface area (Å²) in [6.07, 6.45) is 1.78. The van der Waals surface area contributed by atoms with Crippen LogP contribution in [0, 0.1) is 10.8 Å². The summed E-state index contributed by atoms with van der Waals surface area (Å²) in [5.41, 5.74) is -1.15. The van der Waals surface area contributed by atoms with E-state index in [1.54, 1.807) is 18.2 Å². The predicted molar refractivity (Wildman–Crippen MR) is 95.7 cm³/mol. The summed E-state index contributed by atoms with van der Waals surface area (Å²) in [6.45, 7) is 5.69. The second-order valence-corrected chi connectivity index (χ2v) is 7.86. The Morgan fingerprint density at radius 3 is 2.58 bits per heavy atom. The summed E-state index contributed by atoms with van der Waals surface area (Å²) >= 11 is 0. The standard InChI is InChI=1S/C20H20N2O4/c1-18(2)19(3)9-10-20(18,26-17(19)25)16(24)22-14-6-4-5-12-7-8-13(11-23)21-15(12)14/h4-8,11H,9-10H2,1-3H3,(H,22,24)/t19-,20+/m0/s1. The normalized spacial score (nSPS) is 28.8. The zero-order valence-electron chi connectivity index (χ0n) is 15.0. The number of nitrogens with one attached hydrogen (secondary N) is 1. The molecule has 134 valence electrons. The quantitative estimate of drug-likeness (QED) is 0.678. The fourth-order valence-corrected chi connectivity index (χ4v) is 4.30. The topological polar surface area (TPSA) is 85.4 Å². The summed E-state index contributed by atoms with van der Waals surface area (Å²) < 4.78 is 5.63. The van der Waals surface area contributed by atoms with E-state index in [0.29, 0.717) is 36.0 Å². The molecule has 2 bridgehead atoms. The van der Waals surface area contributed by atoms with E-state index in [1.807, 2.05) is 32.9 Å². The molecule has 2 aliphatic rings. The Balaban J connectivity index is 1.75. The number of esters is 1. The van der Waals surface area contributed by atoms with Gasteiger partial charge in [0.1, 0.15) is 5.69 Å². The van der Waals surface area contributed by atoms with Gasteiger partial charge in [-0.3, -0.25) is 14.4 Å². The van der Waals surface area contributed by atoms with Gasteiger partial charge >= 0.3 is 5.97 Å². The number of nitrogens with zero attached hydrogens (tertiary/aromatic N) is 1. The fraction of sp³-hybridized carbons (Fsp3) is 0.400. The number of carbonyl (C=O) groups is 3. The molecule has 6 heteroatoms. The number of hydrogen-bond donors (Lipinski definition) is 1. The van der Waals surface area contributed by atoms with Gasteiger partial charge in [-0.25, -0.2) is 4.98 Å². The molecule has 2 aromatic rings. The van der Waals surface area contributed by atoms with Crippen molar-refractivity contribution in [2.24, 2.45) is 10.8 Å². The minimum absolute atomic E-state index is 0.290. The second kappa shape index (κ2) is 5.13. The van der Waals surface area contributed by atoms with Crippen LogP contribution in [-0.2, 0) is 14.3 Å². The number of hydrogen-bond acceptors (Lipinski definition) is 5. The number of anilines is 1. The first-order valence-corrected chi connectivity index (χ1v) is 8.65. The molecule has 26 heavy (non-hydrogen) atoms. The lowest BCUT2D eigenvalue weighted by atomic mass is 9.66. The van der Waals surface area contributed by atoms with Crippen LogP contribution in [0.2, 0.25) is 0 Å². The minimum atomic E-state index is -1.19. The monoisotopic (exact) mass is 352 g/mol. The van der Waals surface area contributed by atoms with E-state index in [9.17, 15) is 14.4 Å². The van der Waals surface area contributed by atoms with Gasteiger partial charge in [0, 0.05) is 10.8 Å². The summed E-state index contributed by atoms with van der Waals surface area (Å²) in [7, 11) is 0. The van der Waals surface area contributed by atoms with Crippen molar-refractivity contribution in [2.75, 3.05) is 5.32 Å². The van der Waals surface area contributed by atoms with Crippen molar-refractivity contribution in [3.63, 3.8) is 0 Å². The molecule has 1 saturated heterocycles. The van der Waals surface area contributed by atoms with Crippen molar-refractivity contribution >= 4 is 34.8 Å². The molecule has 0 radical (unpaired) electrons. The van der Waals surface area contributed by atoms with Crippen LogP contribution in [0.25, 0.3) is 10.9 Å². The number of carbonyl (C=O) groups excluding carboxylic acids is 3. The number of aromatic nitrogens is 1. The summed E-state index contributed by atoms with van der Waals surface area (Å²) in [6, 6.07) is 8.81. The summed E-state index contributed by atoms with van der Waals surface area (Å²) in [4.78, 5) is 40.9. The number of pyridine rings is 1. The lowest BCUT2D eigenvalue weighted by Crippen LogP contribution is -2.50. The Labute approximate surface area is 150 Å². The van der Waals surface area contributed by atoms with Crippen LogP contribution in [0.1, 0.15) is 44.1 Å². The molecule has 2 atom stereocenters. The number of rotatable bonds is 3. The van der Waals surface area contributed by atoms with Gasteiger partial charge in [0.05, 0.1) is 16.6 Å². The third-order valence-corrected chi connectivity index (χ3v) is 6.56. The maximum Gasteiger partial charge on any atom is 0.313 e. The zero-order chi connectivity index (χ0) is 18.7. The number of para-hydroxylation sites is 1. The maximum absolute atomic E-state index is 13.2. The van der Waals surface area contributed by atoms with Gasteiger partial charge in [0.15, 0.2) is 11.9 Å². The third kappa shape index (κ3) is 1.87. The zero-order valence-corrected chi connectivity index (χ0v) is 15.0. The first-order valence-electron chi connectivity index (χ1n) is 8.65. The molecule has 1 aliphatic heterocycles. The smallest absolute Gasteiger partial charge is 0.313 e. The highest BCUT2D eigenvalue weighted by molar-refractivity contribution is 6.07. The van der Waals surface area contributed by atoms with Gasteiger partial charge in [-0.1, -0.05) is 32.0 Å². The van der Waals surface area contributed by atoms with E-state index in [0.717, 1.165) is 5.39 Å². The third-order valence-electron chi connectivity index (χ3n) is 6.56. The van der Waals surface area contributed by atoms with E-state index in [4.69, 9.17) is 4.74 Å². The van der Waals surface area contributed by atoms with Crippen LogP contribution >= 0.6 is 0 Å². The Bertz CT molecular complexity index is 967. The Morgan fingerprint density at radius 1 is 1.19 bits per heavy atom. The van der Waals surface area contributed by atoms with Gasteiger partial charge in [0.2, 0.25) is 0 Å². The van der Waals surface area contributed by atoms with E-state index in [1.165, 1.54) is 0 Å². The largest absolute Gasteiger partial charge is 0.448 e. The first-order chi connectivity index (χ1) is 12.2. The molecule has 6 nitrogen and oxygen atoms in total. The molecule has 1 N–H and O–H groups in total. The van der Waals surface area contributed by atoms with Gasteiger partial charge in [-0.15, -0.1) is 0 Å². The first kappa shape index (κ1) is 16.7. The fourth-order valence-electron chi connectivity index (χ4n) is 4.30. The number of fused-ring (bicyclic) bond motifs is 3. The van der Waals surface area contributed by atoms with E-state index in [2.05, 4.69) is 10.3 Å². The Morgan fingerprint density at radius 2 is 1.96 bits per heavy atom. The average Bonchev–Trinajstić information content (AvgIpc) is 2.92. The van der Waals surface area contributed by atoms with Gasteiger partial charge in [-0.2, -0.15) is 0 Å². The molecular weight excluding hydrogens is 332 g/mol. The number of aldehydes is 1. The van der Waals surface area contributed by atoms with Crippen molar-refractivity contribution < 1.29 is 19.1 Å². The van der Waals surface area contributed by atoms with Gasteiger partial charge in [0.25, 0.3) is 5.91 Å². The predicted octanol–water partition coefficient (Wildman–Crippen LogP) is 3.11. The van der Waals surface area contributed by atoms with Crippen LogP contribution in [0.15, 0.2) is 30.3 Å². The molecule has 1 amide bonds. The lowest BCUT2D eigenvalue weighted by molar-refractivity contribution is -0.165. The summed E-state index contributed by atoms with van der Waals surface area (Å²) in [5.74, 6) is -0.661. The molecule has 0 spiro atoms. The number of amides is 1. The molecular formula is C20H20N2O4. The van der Waals surface area contributed by atoms with Gasteiger partial charge in [-0.05, 0) is 31.9 Å². The van der Waals surface area contributed by atoms with Crippen molar-refractivity contribution in [3.05, 3.63) is 36.0 Å². The van der Waals surface area contributed by atoms with Crippen LogP contribution < -0.4 is 5.32 Å². The molecule has 1 saturated carbocycles. The molecule has 1 aliphatic carbocycles. The second-order valence-electron chi connectivity index (χ2n) is 7.86. The highest BCUT2D eigenvalue weighted by atomic mass is 16.6. The van der Waals surface area contributed by atoms with Crippen molar-refractivity contribution in [1.29, 1.82) is 0 Å². The average molecular weight is 352 g/mol. The molecule has 1 aromatic heterocycles. The number of ether oxygens (including phenoxy) is 1. The summed E-state index contributed by atoms with van der Waals surface area (Å²) in [5, 5.41) is 3.71. The minimum Gasteiger partial charge on any atom is -0.448 e. The van der Waals surface area contributed by atoms with Crippen LogP contribution in [0.4, 0.5) is 5.69 Å². The van der Waals surface area contributed by atoms with Crippen LogP contribution in [0.3, 0.4) is 0 Å². The SMILES string of the molecule is CC1(C)[C@@]2(C)CC[C@]1(C(=O)Nc1cccc3ccc(C=O)nc13)OC2=O. The van der Waals surface area contributed by atoms with Crippen LogP contribution in [0.5, 0.6) is 0 Å². The van der Waals surface area contributed by atoms with Crippen molar-refractivity contribution in [1.82, 2.24) is 4.98 Å². The molecule has 4 rings (SSSR count).